The van der Waals surface area contributed by atoms with Crippen molar-refractivity contribution in [2.45, 2.75) is 25.7 Å². The van der Waals surface area contributed by atoms with Gasteiger partial charge in [0.15, 0.2) is 0 Å². The van der Waals surface area contributed by atoms with Crippen LogP contribution in [0.25, 0.3) is 0 Å². The van der Waals surface area contributed by atoms with Crippen LogP contribution in [0.2, 0.25) is 0 Å². The number of aromatic nitrogens is 2. The van der Waals surface area contributed by atoms with Crippen LogP contribution >= 0.6 is 15.9 Å². The highest BCUT2D eigenvalue weighted by Crippen LogP contribution is 2.32. The van der Waals surface area contributed by atoms with Crippen LogP contribution in [0.5, 0.6) is 0 Å². The zero-order valence-corrected chi connectivity index (χ0v) is 10.9. The summed E-state index contributed by atoms with van der Waals surface area (Å²) in [6.45, 7) is 1.93. The fourth-order valence-corrected chi connectivity index (χ4v) is 2.24. The standard InChI is InChI=1S/C10H14BrN3O3/c1-5-2-8(17-7(5)4-15)14-3-6(11)9(12)13-10(14)16/h3,5,7-8,15H,2,4H2,1H3,(H2,12,13,16). The third-order valence-corrected chi connectivity index (χ3v) is 3.58. The molecular weight excluding hydrogens is 290 g/mol. The van der Waals surface area contributed by atoms with Crippen molar-refractivity contribution in [3.05, 3.63) is 21.2 Å². The lowest BCUT2D eigenvalue weighted by atomic mass is 10.0. The van der Waals surface area contributed by atoms with Gasteiger partial charge in [0.25, 0.3) is 0 Å². The zero-order valence-electron chi connectivity index (χ0n) is 9.34. The van der Waals surface area contributed by atoms with E-state index in [2.05, 4.69) is 20.9 Å². The van der Waals surface area contributed by atoms with Crippen LogP contribution in [0, 0.1) is 5.92 Å². The van der Waals surface area contributed by atoms with Crippen LogP contribution in [0.1, 0.15) is 19.6 Å². The molecule has 0 radical (unpaired) electrons. The van der Waals surface area contributed by atoms with E-state index < -0.39 is 5.69 Å². The second kappa shape index (κ2) is 4.75. The van der Waals surface area contributed by atoms with Crippen molar-refractivity contribution < 1.29 is 9.84 Å². The highest BCUT2D eigenvalue weighted by Gasteiger charge is 2.33. The van der Waals surface area contributed by atoms with Crippen molar-refractivity contribution in [2.24, 2.45) is 5.92 Å². The van der Waals surface area contributed by atoms with Gasteiger partial charge in [-0.25, -0.2) is 4.79 Å². The first kappa shape index (κ1) is 12.5. The van der Waals surface area contributed by atoms with E-state index >= 15 is 0 Å². The number of hydrogen-bond donors (Lipinski definition) is 2. The maximum atomic E-state index is 11.7. The molecule has 3 unspecified atom stereocenters. The monoisotopic (exact) mass is 303 g/mol. The van der Waals surface area contributed by atoms with Crippen molar-refractivity contribution in [1.29, 1.82) is 0 Å². The third-order valence-electron chi connectivity index (χ3n) is 2.96. The lowest BCUT2D eigenvalue weighted by Gasteiger charge is -2.15. The van der Waals surface area contributed by atoms with Gasteiger partial charge in [-0.05, 0) is 28.3 Å². The number of rotatable bonds is 2. The van der Waals surface area contributed by atoms with E-state index in [1.165, 1.54) is 4.57 Å². The number of nitrogen functional groups attached to an aromatic ring is 1. The first-order chi connectivity index (χ1) is 8.02. The van der Waals surface area contributed by atoms with Gasteiger partial charge in [0.1, 0.15) is 12.0 Å². The molecule has 0 aliphatic carbocycles. The molecule has 0 saturated carbocycles. The molecule has 3 atom stereocenters. The van der Waals surface area contributed by atoms with Crippen LogP contribution in [0.15, 0.2) is 15.5 Å². The Morgan fingerprint density at radius 1 is 1.76 bits per heavy atom. The molecule has 7 heteroatoms. The van der Waals surface area contributed by atoms with Crippen molar-refractivity contribution in [1.82, 2.24) is 9.55 Å². The van der Waals surface area contributed by atoms with Gasteiger partial charge in [-0.2, -0.15) is 4.98 Å². The van der Waals surface area contributed by atoms with Gasteiger partial charge in [0.05, 0.1) is 17.2 Å². The molecular formula is C10H14BrN3O3. The van der Waals surface area contributed by atoms with Crippen molar-refractivity contribution in [3.63, 3.8) is 0 Å². The van der Waals surface area contributed by atoms with Gasteiger partial charge >= 0.3 is 5.69 Å². The summed E-state index contributed by atoms with van der Waals surface area (Å²) >= 11 is 3.22. The zero-order chi connectivity index (χ0) is 12.6. The molecule has 1 aliphatic heterocycles. The number of nitrogens with zero attached hydrogens (tertiary/aromatic N) is 2. The van der Waals surface area contributed by atoms with Crippen LogP contribution in [-0.2, 0) is 4.74 Å². The molecule has 0 spiro atoms. The molecule has 94 valence electrons. The number of hydrogen-bond acceptors (Lipinski definition) is 5. The summed E-state index contributed by atoms with van der Waals surface area (Å²) < 4.78 is 7.55. The molecule has 0 amide bonds. The van der Waals surface area contributed by atoms with Crippen LogP contribution in [-0.4, -0.2) is 27.4 Å². The maximum Gasteiger partial charge on any atom is 0.351 e. The SMILES string of the molecule is CC1CC(n2cc(Br)c(N)nc2=O)OC1CO. The quantitative estimate of drug-likeness (QED) is 0.830. The first-order valence-electron chi connectivity index (χ1n) is 5.33. The largest absolute Gasteiger partial charge is 0.394 e. The summed E-state index contributed by atoms with van der Waals surface area (Å²) in [6.07, 6.45) is 1.62. The van der Waals surface area contributed by atoms with Crippen molar-refractivity contribution in [3.8, 4) is 0 Å². The minimum absolute atomic E-state index is 0.0456. The summed E-state index contributed by atoms with van der Waals surface area (Å²) in [4.78, 5) is 15.4. The average molecular weight is 304 g/mol. The maximum absolute atomic E-state index is 11.7. The molecule has 2 heterocycles. The van der Waals surface area contributed by atoms with Crippen LogP contribution < -0.4 is 11.4 Å². The van der Waals surface area contributed by atoms with Crippen molar-refractivity contribution >= 4 is 21.7 Å². The molecule has 1 aliphatic rings. The summed E-state index contributed by atoms with van der Waals surface area (Å²) in [5.74, 6) is 0.365. The Hall–Kier alpha value is -0.920. The minimum Gasteiger partial charge on any atom is -0.394 e. The number of ether oxygens (including phenoxy) is 1. The summed E-state index contributed by atoms with van der Waals surface area (Å²) in [5, 5.41) is 9.11. The molecule has 1 aromatic rings. The summed E-state index contributed by atoms with van der Waals surface area (Å²) in [6, 6.07) is 0. The van der Waals surface area contributed by atoms with E-state index in [1.807, 2.05) is 6.92 Å². The van der Waals surface area contributed by atoms with E-state index in [9.17, 15) is 4.79 Å². The van der Waals surface area contributed by atoms with Crippen LogP contribution in [0.3, 0.4) is 0 Å². The number of aliphatic hydroxyl groups is 1. The van der Waals surface area contributed by atoms with Gasteiger partial charge in [-0.3, -0.25) is 4.57 Å². The molecule has 6 nitrogen and oxygen atoms in total. The van der Waals surface area contributed by atoms with Crippen molar-refractivity contribution in [2.75, 3.05) is 12.3 Å². The fourth-order valence-electron chi connectivity index (χ4n) is 1.93. The Bertz CT molecular complexity index is 476. The predicted molar refractivity (Wildman–Crippen MR) is 65.4 cm³/mol. The normalized spacial score (nSPS) is 28.5. The smallest absolute Gasteiger partial charge is 0.351 e. The number of halogens is 1. The van der Waals surface area contributed by atoms with Gasteiger partial charge in [0, 0.05) is 6.20 Å². The number of nitrogens with two attached hydrogens (primary N) is 1. The fraction of sp³-hybridized carbons (Fsp3) is 0.600. The first-order valence-corrected chi connectivity index (χ1v) is 6.12. The minimum atomic E-state index is -0.443. The second-order valence-corrected chi connectivity index (χ2v) is 5.04. The molecule has 1 saturated heterocycles. The topological polar surface area (TPSA) is 90.4 Å². The van der Waals surface area contributed by atoms with Gasteiger partial charge in [0.2, 0.25) is 0 Å². The highest BCUT2D eigenvalue weighted by atomic mass is 79.9. The average Bonchev–Trinajstić information content (AvgIpc) is 2.65. The van der Waals surface area contributed by atoms with Crippen LogP contribution in [0.4, 0.5) is 5.82 Å². The highest BCUT2D eigenvalue weighted by molar-refractivity contribution is 9.10. The van der Waals surface area contributed by atoms with Gasteiger partial charge in [-0.15, -0.1) is 0 Å². The van der Waals surface area contributed by atoms with E-state index in [4.69, 9.17) is 15.6 Å². The Balaban J connectivity index is 2.30. The molecule has 17 heavy (non-hydrogen) atoms. The Morgan fingerprint density at radius 2 is 2.47 bits per heavy atom. The predicted octanol–water partition coefficient (Wildman–Crippen LogP) is 0.504. The number of aliphatic hydroxyl groups excluding tert-OH is 1. The van der Waals surface area contributed by atoms with Gasteiger partial charge < -0.3 is 15.6 Å². The molecule has 2 rings (SSSR count). The second-order valence-electron chi connectivity index (χ2n) is 4.19. The van der Waals surface area contributed by atoms with E-state index in [-0.39, 0.29) is 30.7 Å². The Morgan fingerprint density at radius 3 is 3.06 bits per heavy atom. The lowest BCUT2D eigenvalue weighted by molar-refractivity contribution is -0.0313. The summed E-state index contributed by atoms with van der Waals surface area (Å²) in [5.41, 5.74) is 5.07. The Labute approximate surface area is 107 Å². The van der Waals surface area contributed by atoms with E-state index in [1.54, 1.807) is 6.20 Å². The summed E-state index contributed by atoms with van der Waals surface area (Å²) in [7, 11) is 0. The Kier molecular flexibility index (Phi) is 3.50. The number of anilines is 1. The molecule has 1 fully saturated rings. The van der Waals surface area contributed by atoms with E-state index in [0.717, 1.165) is 0 Å². The van der Waals surface area contributed by atoms with Gasteiger partial charge in [-0.1, -0.05) is 6.92 Å². The van der Waals surface area contributed by atoms with E-state index in [0.29, 0.717) is 10.9 Å². The lowest BCUT2D eigenvalue weighted by Crippen LogP contribution is -2.28. The molecule has 3 N–H and O–H groups in total. The molecule has 1 aromatic heterocycles. The molecule has 0 bridgehead atoms. The third kappa shape index (κ3) is 2.36. The molecule has 0 aromatic carbocycles.